The van der Waals surface area contributed by atoms with Gasteiger partial charge in [-0.1, -0.05) is 19.3 Å². The zero-order chi connectivity index (χ0) is 18.9. The molecule has 2 fully saturated rings. The maximum absolute atomic E-state index is 12.9. The minimum Gasteiger partial charge on any atom is -0.378 e. The van der Waals surface area contributed by atoms with Gasteiger partial charge in [0.05, 0.1) is 0 Å². The smallest absolute Gasteiger partial charge is 0.327 e. The van der Waals surface area contributed by atoms with Gasteiger partial charge in [-0.3, -0.25) is 14.5 Å². The molecule has 0 radical (unpaired) electrons. The van der Waals surface area contributed by atoms with E-state index in [9.17, 15) is 14.4 Å². The Morgan fingerprint density at radius 3 is 2.31 bits per heavy atom. The van der Waals surface area contributed by atoms with Crippen molar-refractivity contribution in [3.8, 4) is 0 Å². The number of amides is 4. The van der Waals surface area contributed by atoms with Gasteiger partial charge < -0.3 is 15.1 Å². The van der Waals surface area contributed by atoms with Crippen LogP contribution in [0.4, 0.5) is 16.2 Å². The minimum absolute atomic E-state index is 0.234. The van der Waals surface area contributed by atoms with Gasteiger partial charge in [0.1, 0.15) is 12.1 Å². The summed E-state index contributed by atoms with van der Waals surface area (Å²) >= 11 is 0. The molecule has 1 aliphatic heterocycles. The van der Waals surface area contributed by atoms with Gasteiger partial charge in [0.25, 0.3) is 5.91 Å². The number of imide groups is 1. The Morgan fingerprint density at radius 2 is 1.73 bits per heavy atom. The lowest BCUT2D eigenvalue weighted by Crippen LogP contribution is -2.49. The molecule has 1 saturated carbocycles. The van der Waals surface area contributed by atoms with Gasteiger partial charge in [-0.25, -0.2) is 4.79 Å². The molecule has 4 amide bonds. The molecule has 140 valence electrons. The molecule has 0 atom stereocenters. The molecular weight excluding hydrogens is 332 g/mol. The van der Waals surface area contributed by atoms with Crippen molar-refractivity contribution in [2.24, 2.45) is 0 Å². The van der Waals surface area contributed by atoms with Crippen LogP contribution in [0.15, 0.2) is 24.3 Å². The summed E-state index contributed by atoms with van der Waals surface area (Å²) in [7, 11) is 5.55. The average molecular weight is 358 g/mol. The molecule has 1 aromatic rings. The Kier molecular flexibility index (Phi) is 4.89. The zero-order valence-electron chi connectivity index (χ0n) is 15.6. The Morgan fingerprint density at radius 1 is 1.12 bits per heavy atom. The van der Waals surface area contributed by atoms with Gasteiger partial charge in [-0.15, -0.1) is 0 Å². The molecule has 3 rings (SSSR count). The summed E-state index contributed by atoms with van der Waals surface area (Å²) in [5, 5.41) is 2.76. The van der Waals surface area contributed by atoms with E-state index in [0.29, 0.717) is 18.5 Å². The first-order chi connectivity index (χ1) is 12.3. The van der Waals surface area contributed by atoms with Crippen LogP contribution in [0.3, 0.4) is 0 Å². The van der Waals surface area contributed by atoms with Crippen molar-refractivity contribution in [3.63, 3.8) is 0 Å². The van der Waals surface area contributed by atoms with Gasteiger partial charge in [-0.05, 0) is 37.1 Å². The van der Waals surface area contributed by atoms with Crippen molar-refractivity contribution in [1.82, 2.24) is 9.80 Å². The second-order valence-electron chi connectivity index (χ2n) is 7.31. The minimum atomic E-state index is -0.747. The third kappa shape index (κ3) is 3.13. The summed E-state index contributed by atoms with van der Waals surface area (Å²) in [6, 6.07) is 7.01. The van der Waals surface area contributed by atoms with Crippen molar-refractivity contribution in [1.29, 1.82) is 0 Å². The Labute approximate surface area is 153 Å². The van der Waals surface area contributed by atoms with Gasteiger partial charge in [0.15, 0.2) is 0 Å². The monoisotopic (exact) mass is 358 g/mol. The number of nitrogens with one attached hydrogen (secondary N) is 1. The Bertz CT molecular complexity index is 708. The van der Waals surface area contributed by atoms with Gasteiger partial charge >= 0.3 is 6.03 Å². The Balaban J connectivity index is 1.67. The summed E-state index contributed by atoms with van der Waals surface area (Å²) in [5.74, 6) is -0.603. The molecule has 2 aliphatic rings. The molecule has 7 heteroatoms. The van der Waals surface area contributed by atoms with Gasteiger partial charge in [0, 0.05) is 32.5 Å². The van der Waals surface area contributed by atoms with Crippen LogP contribution in [-0.4, -0.2) is 60.9 Å². The predicted octanol–water partition coefficient (Wildman–Crippen LogP) is 2.29. The van der Waals surface area contributed by atoms with Crippen molar-refractivity contribution in [2.75, 3.05) is 37.9 Å². The lowest BCUT2D eigenvalue weighted by Gasteiger charge is -2.35. The van der Waals surface area contributed by atoms with E-state index in [4.69, 9.17) is 0 Å². The fourth-order valence-electron chi connectivity index (χ4n) is 3.86. The van der Waals surface area contributed by atoms with E-state index < -0.39 is 5.54 Å². The fraction of sp³-hybridized carbons (Fsp3) is 0.526. The van der Waals surface area contributed by atoms with Crippen LogP contribution in [0.5, 0.6) is 0 Å². The van der Waals surface area contributed by atoms with E-state index in [2.05, 4.69) is 5.32 Å². The number of urea groups is 1. The number of carbonyl (C=O) groups is 3. The maximum atomic E-state index is 12.9. The first-order valence-corrected chi connectivity index (χ1v) is 9.02. The highest BCUT2D eigenvalue weighted by Gasteiger charge is 2.55. The van der Waals surface area contributed by atoms with E-state index in [1.807, 2.05) is 31.1 Å². The summed E-state index contributed by atoms with van der Waals surface area (Å²) in [4.78, 5) is 42.4. The average Bonchev–Trinajstić information content (AvgIpc) is 2.79. The molecule has 0 aromatic heterocycles. The van der Waals surface area contributed by atoms with Crippen LogP contribution in [0.25, 0.3) is 0 Å². The third-order valence-corrected chi connectivity index (χ3v) is 5.45. The molecule has 1 N–H and O–H groups in total. The number of carbonyl (C=O) groups excluding carboxylic acids is 3. The molecule has 7 nitrogen and oxygen atoms in total. The van der Waals surface area contributed by atoms with E-state index in [1.54, 1.807) is 19.2 Å². The zero-order valence-corrected chi connectivity index (χ0v) is 15.6. The number of hydrogen-bond donors (Lipinski definition) is 1. The van der Waals surface area contributed by atoms with Crippen LogP contribution in [0, 0.1) is 0 Å². The number of benzene rings is 1. The van der Waals surface area contributed by atoms with Gasteiger partial charge in [-0.2, -0.15) is 0 Å². The number of anilines is 2. The SMILES string of the molecule is CN(C)c1ccc(NC(=O)CN2C(=O)N(C)C3(CCCCC3)C2=O)cc1. The first kappa shape index (κ1) is 18.2. The highest BCUT2D eigenvalue weighted by Crippen LogP contribution is 2.39. The molecule has 1 aromatic carbocycles. The van der Waals surface area contributed by atoms with Crippen LogP contribution >= 0.6 is 0 Å². The summed E-state index contributed by atoms with van der Waals surface area (Å²) in [6.45, 7) is -0.251. The number of nitrogens with zero attached hydrogens (tertiary/aromatic N) is 3. The Hall–Kier alpha value is -2.57. The number of hydrogen-bond acceptors (Lipinski definition) is 4. The van der Waals surface area contributed by atoms with Crippen LogP contribution in [0.1, 0.15) is 32.1 Å². The fourth-order valence-corrected chi connectivity index (χ4v) is 3.86. The van der Waals surface area contributed by atoms with E-state index in [0.717, 1.165) is 29.8 Å². The predicted molar refractivity (Wildman–Crippen MR) is 100 cm³/mol. The number of likely N-dealkylation sites (N-methyl/N-ethyl adjacent to an activating group) is 1. The maximum Gasteiger partial charge on any atom is 0.327 e. The summed E-state index contributed by atoms with van der Waals surface area (Å²) < 4.78 is 0. The molecule has 1 saturated heterocycles. The molecular formula is C19H26N4O3. The summed E-state index contributed by atoms with van der Waals surface area (Å²) in [5.41, 5.74) is 0.914. The van der Waals surface area contributed by atoms with Crippen LogP contribution in [0.2, 0.25) is 0 Å². The molecule has 0 bridgehead atoms. The van der Waals surface area contributed by atoms with Crippen LogP contribution < -0.4 is 10.2 Å². The van der Waals surface area contributed by atoms with Crippen molar-refractivity contribution in [3.05, 3.63) is 24.3 Å². The second-order valence-corrected chi connectivity index (χ2v) is 7.31. The van der Waals surface area contributed by atoms with Crippen molar-refractivity contribution >= 4 is 29.2 Å². The van der Waals surface area contributed by atoms with E-state index >= 15 is 0 Å². The molecule has 1 aliphatic carbocycles. The highest BCUT2D eigenvalue weighted by molar-refractivity contribution is 6.10. The molecule has 0 unspecified atom stereocenters. The highest BCUT2D eigenvalue weighted by atomic mass is 16.2. The quantitative estimate of drug-likeness (QED) is 0.838. The molecule has 1 spiro atoms. The third-order valence-electron chi connectivity index (χ3n) is 5.45. The van der Waals surface area contributed by atoms with Crippen LogP contribution in [-0.2, 0) is 9.59 Å². The molecule has 26 heavy (non-hydrogen) atoms. The summed E-state index contributed by atoms with van der Waals surface area (Å²) in [6.07, 6.45) is 4.31. The van der Waals surface area contributed by atoms with Gasteiger partial charge in [0.2, 0.25) is 5.91 Å². The first-order valence-electron chi connectivity index (χ1n) is 9.02. The molecule has 1 heterocycles. The topological polar surface area (TPSA) is 73.0 Å². The standard InChI is InChI=1S/C19H26N4O3/c1-21(2)15-9-7-14(8-10-15)20-16(24)13-23-17(25)19(22(3)18(23)26)11-5-4-6-12-19/h7-10H,4-6,11-13H2,1-3H3,(H,20,24). The van der Waals surface area contributed by atoms with E-state index in [1.165, 1.54) is 4.90 Å². The lowest BCUT2D eigenvalue weighted by atomic mass is 9.81. The number of rotatable bonds is 4. The van der Waals surface area contributed by atoms with Crippen molar-refractivity contribution < 1.29 is 14.4 Å². The van der Waals surface area contributed by atoms with E-state index in [-0.39, 0.29) is 24.4 Å². The lowest BCUT2D eigenvalue weighted by molar-refractivity contribution is -0.136. The van der Waals surface area contributed by atoms with Crippen molar-refractivity contribution in [2.45, 2.75) is 37.6 Å². The second kappa shape index (κ2) is 6.97. The normalized spacial score (nSPS) is 19.2. The largest absolute Gasteiger partial charge is 0.378 e.